The molecular weight excluding hydrogens is 248 g/mol. The quantitative estimate of drug-likeness (QED) is 0.753. The molecule has 0 radical (unpaired) electrons. The van der Waals surface area contributed by atoms with E-state index in [1.54, 1.807) is 7.11 Å². The van der Waals surface area contributed by atoms with E-state index in [2.05, 4.69) is 36.1 Å². The lowest BCUT2D eigenvalue weighted by Crippen LogP contribution is -2.36. The summed E-state index contributed by atoms with van der Waals surface area (Å²) in [4.78, 5) is 2.57. The topological polar surface area (TPSA) is 38.5 Å². The Morgan fingerprint density at radius 3 is 2.50 bits per heavy atom. The second kappa shape index (κ2) is 7.77. The van der Waals surface area contributed by atoms with Crippen LogP contribution in [0.25, 0.3) is 0 Å². The summed E-state index contributed by atoms with van der Waals surface area (Å²) in [7, 11) is 1.73. The highest BCUT2D eigenvalue weighted by Crippen LogP contribution is 2.32. The molecule has 0 amide bonds. The Morgan fingerprint density at radius 1 is 1.30 bits per heavy atom. The predicted molar refractivity (Wildman–Crippen MR) is 83.5 cm³/mol. The molecule has 2 N–H and O–H groups in total. The number of methoxy groups -OCH3 is 1. The number of nitrogens with two attached hydrogens (primary N) is 1. The van der Waals surface area contributed by atoms with Crippen LogP contribution in [0.5, 0.6) is 0 Å². The molecule has 3 nitrogen and oxygen atoms in total. The van der Waals surface area contributed by atoms with Gasteiger partial charge in [0.25, 0.3) is 0 Å². The number of rotatable bonds is 9. The summed E-state index contributed by atoms with van der Waals surface area (Å²) < 4.78 is 5.17. The van der Waals surface area contributed by atoms with Gasteiger partial charge in [-0.3, -0.25) is 4.90 Å². The van der Waals surface area contributed by atoms with E-state index < -0.39 is 0 Å². The van der Waals surface area contributed by atoms with Gasteiger partial charge in [-0.2, -0.15) is 0 Å². The van der Waals surface area contributed by atoms with Gasteiger partial charge in [-0.1, -0.05) is 31.2 Å². The van der Waals surface area contributed by atoms with E-state index in [4.69, 9.17) is 10.5 Å². The van der Waals surface area contributed by atoms with Crippen molar-refractivity contribution in [3.8, 4) is 0 Å². The van der Waals surface area contributed by atoms with E-state index in [1.807, 2.05) is 0 Å². The highest BCUT2D eigenvalue weighted by Gasteiger charge is 2.27. The lowest BCUT2D eigenvalue weighted by Gasteiger charge is -2.31. The first-order chi connectivity index (χ1) is 9.78. The lowest BCUT2D eigenvalue weighted by atomic mass is 10.0. The van der Waals surface area contributed by atoms with Gasteiger partial charge in [0.15, 0.2) is 0 Å². The number of benzene rings is 1. The van der Waals surface area contributed by atoms with Gasteiger partial charge < -0.3 is 10.5 Å². The van der Waals surface area contributed by atoms with Crippen molar-refractivity contribution in [2.45, 2.75) is 38.8 Å². The molecule has 0 bridgehead atoms. The number of hydrogen-bond acceptors (Lipinski definition) is 3. The molecule has 0 aliphatic heterocycles. The Kier molecular flexibility index (Phi) is 6.02. The Morgan fingerprint density at radius 2 is 2.00 bits per heavy atom. The zero-order valence-corrected chi connectivity index (χ0v) is 12.8. The SMILES string of the molecule is CCCN(CC1CC1)C(CN)c1ccc(COC)cc1. The fourth-order valence-electron chi connectivity index (χ4n) is 2.79. The molecule has 1 aliphatic carbocycles. The van der Waals surface area contributed by atoms with Gasteiger partial charge in [0.2, 0.25) is 0 Å². The Labute approximate surface area is 123 Å². The van der Waals surface area contributed by atoms with Crippen molar-refractivity contribution in [1.82, 2.24) is 4.90 Å². The molecule has 2 rings (SSSR count). The standard InChI is InChI=1S/C17H28N2O/c1-3-10-19(12-14-4-5-14)17(11-18)16-8-6-15(7-9-16)13-20-2/h6-9,14,17H,3-5,10-13,18H2,1-2H3. The lowest BCUT2D eigenvalue weighted by molar-refractivity contribution is 0.184. The molecule has 0 saturated heterocycles. The fourth-order valence-corrected chi connectivity index (χ4v) is 2.79. The molecule has 0 aromatic heterocycles. The average molecular weight is 276 g/mol. The van der Waals surface area contributed by atoms with Crippen LogP contribution >= 0.6 is 0 Å². The third kappa shape index (κ3) is 4.30. The van der Waals surface area contributed by atoms with E-state index in [9.17, 15) is 0 Å². The van der Waals surface area contributed by atoms with Gasteiger partial charge in [-0.25, -0.2) is 0 Å². The summed E-state index contributed by atoms with van der Waals surface area (Å²) >= 11 is 0. The maximum Gasteiger partial charge on any atom is 0.0713 e. The van der Waals surface area contributed by atoms with Crippen LogP contribution in [0, 0.1) is 5.92 Å². The van der Waals surface area contributed by atoms with Crippen LogP contribution in [0.2, 0.25) is 0 Å². The summed E-state index contributed by atoms with van der Waals surface area (Å²) in [5.41, 5.74) is 8.62. The van der Waals surface area contributed by atoms with Crippen molar-refractivity contribution in [3.63, 3.8) is 0 Å². The van der Waals surface area contributed by atoms with Crippen LogP contribution in [0.3, 0.4) is 0 Å². The van der Waals surface area contributed by atoms with Crippen LogP contribution in [-0.2, 0) is 11.3 Å². The monoisotopic (exact) mass is 276 g/mol. The van der Waals surface area contributed by atoms with E-state index in [-0.39, 0.29) is 0 Å². The first-order valence-corrected chi connectivity index (χ1v) is 7.80. The molecule has 0 spiro atoms. The van der Waals surface area contributed by atoms with Crippen LogP contribution in [0.4, 0.5) is 0 Å². The van der Waals surface area contributed by atoms with Crippen molar-refractivity contribution in [1.29, 1.82) is 0 Å². The molecule has 20 heavy (non-hydrogen) atoms. The zero-order valence-electron chi connectivity index (χ0n) is 12.8. The van der Waals surface area contributed by atoms with Gasteiger partial charge in [0.1, 0.15) is 0 Å². The highest BCUT2D eigenvalue weighted by molar-refractivity contribution is 5.25. The van der Waals surface area contributed by atoms with Gasteiger partial charge in [0.05, 0.1) is 6.61 Å². The minimum Gasteiger partial charge on any atom is -0.380 e. The number of nitrogens with zero attached hydrogens (tertiary/aromatic N) is 1. The third-order valence-corrected chi connectivity index (χ3v) is 4.04. The molecule has 1 fully saturated rings. The first kappa shape index (κ1) is 15.5. The fraction of sp³-hybridized carbons (Fsp3) is 0.647. The maximum atomic E-state index is 6.06. The Hall–Kier alpha value is -0.900. The van der Waals surface area contributed by atoms with E-state index in [1.165, 1.54) is 36.9 Å². The summed E-state index contributed by atoms with van der Waals surface area (Å²) in [5, 5.41) is 0. The Balaban J connectivity index is 2.06. The van der Waals surface area contributed by atoms with Gasteiger partial charge in [-0.15, -0.1) is 0 Å². The minimum atomic E-state index is 0.354. The molecule has 1 saturated carbocycles. The predicted octanol–water partition coefficient (Wildman–Crippen LogP) is 2.95. The minimum absolute atomic E-state index is 0.354. The van der Waals surface area contributed by atoms with Crippen LogP contribution in [0.15, 0.2) is 24.3 Å². The average Bonchev–Trinajstić information content (AvgIpc) is 3.26. The smallest absolute Gasteiger partial charge is 0.0713 e. The van der Waals surface area contributed by atoms with Gasteiger partial charge >= 0.3 is 0 Å². The summed E-state index contributed by atoms with van der Waals surface area (Å²) in [5.74, 6) is 0.906. The molecule has 1 unspecified atom stereocenters. The van der Waals surface area contributed by atoms with Gasteiger partial charge in [0, 0.05) is 26.2 Å². The molecular formula is C17H28N2O. The Bertz CT molecular complexity index is 386. The first-order valence-electron chi connectivity index (χ1n) is 7.80. The highest BCUT2D eigenvalue weighted by atomic mass is 16.5. The third-order valence-electron chi connectivity index (χ3n) is 4.04. The van der Waals surface area contributed by atoms with Crippen molar-refractivity contribution in [2.24, 2.45) is 11.7 Å². The molecule has 0 heterocycles. The molecule has 1 atom stereocenters. The van der Waals surface area contributed by atoms with E-state index in [0.29, 0.717) is 19.2 Å². The van der Waals surface area contributed by atoms with E-state index >= 15 is 0 Å². The van der Waals surface area contributed by atoms with Crippen LogP contribution in [-0.4, -0.2) is 31.6 Å². The maximum absolute atomic E-state index is 6.06. The molecule has 1 aromatic rings. The summed E-state index contributed by atoms with van der Waals surface area (Å²) in [6.45, 7) is 5.95. The molecule has 1 aliphatic rings. The number of ether oxygens (including phenoxy) is 1. The summed E-state index contributed by atoms with van der Waals surface area (Å²) in [6.07, 6.45) is 3.97. The molecule has 1 aromatic carbocycles. The number of hydrogen-bond donors (Lipinski definition) is 1. The van der Waals surface area contributed by atoms with E-state index in [0.717, 1.165) is 12.5 Å². The summed E-state index contributed by atoms with van der Waals surface area (Å²) in [6, 6.07) is 9.08. The largest absolute Gasteiger partial charge is 0.380 e. The van der Waals surface area contributed by atoms with Crippen molar-refractivity contribution in [3.05, 3.63) is 35.4 Å². The second-order valence-corrected chi connectivity index (χ2v) is 5.86. The van der Waals surface area contributed by atoms with Crippen molar-refractivity contribution in [2.75, 3.05) is 26.7 Å². The van der Waals surface area contributed by atoms with Crippen LogP contribution < -0.4 is 5.73 Å². The van der Waals surface area contributed by atoms with Gasteiger partial charge in [-0.05, 0) is 42.9 Å². The zero-order chi connectivity index (χ0) is 14.4. The van der Waals surface area contributed by atoms with Crippen LogP contribution in [0.1, 0.15) is 43.4 Å². The molecule has 3 heteroatoms. The van der Waals surface area contributed by atoms with Crippen molar-refractivity contribution >= 4 is 0 Å². The molecule has 112 valence electrons. The normalized spacial score (nSPS) is 16.6. The second-order valence-electron chi connectivity index (χ2n) is 5.86. The van der Waals surface area contributed by atoms with Crippen molar-refractivity contribution < 1.29 is 4.74 Å².